The number of carbonyl (C=O) groups is 18. The summed E-state index contributed by atoms with van der Waals surface area (Å²) in [6, 6.07) is 7.35. The Hall–Kier alpha value is -17.0. The summed E-state index contributed by atoms with van der Waals surface area (Å²) in [5.74, 6) is -22.1. The van der Waals surface area contributed by atoms with Gasteiger partial charge in [-0.1, -0.05) is 59.6 Å². The summed E-state index contributed by atoms with van der Waals surface area (Å²) in [5.41, 5.74) is 17.7. The van der Waals surface area contributed by atoms with Crippen molar-refractivity contribution in [1.82, 2.24) is 99.5 Å². The van der Waals surface area contributed by atoms with E-state index in [1.807, 2.05) is 26.2 Å². The molecule has 0 saturated heterocycles. The number of halogens is 2. The van der Waals surface area contributed by atoms with Crippen LogP contribution in [0, 0.1) is 13.8 Å². The average molecular weight is 2090 g/mol. The summed E-state index contributed by atoms with van der Waals surface area (Å²) in [5, 5.41) is 91.7. The first kappa shape index (κ1) is 110. The highest BCUT2D eigenvalue weighted by Gasteiger charge is 2.39. The van der Waals surface area contributed by atoms with E-state index >= 15 is 0 Å². The Morgan fingerprint density at radius 2 is 0.851 bits per heavy atom. The molecule has 52 nitrogen and oxygen atoms in total. The Balaban J connectivity index is 0.650. The van der Waals surface area contributed by atoms with Crippen LogP contribution in [0.25, 0.3) is 33.2 Å². The number of aliphatic carboxylic acids is 6. The number of aryl methyl sites for hydroxylation is 4. The monoisotopic (exact) mass is 2090 g/mol. The Bertz CT molecular complexity index is 6950. The van der Waals surface area contributed by atoms with E-state index in [0.29, 0.717) is 104 Å². The van der Waals surface area contributed by atoms with Gasteiger partial charge in [0, 0.05) is 132 Å². The summed E-state index contributed by atoms with van der Waals surface area (Å²) in [6.07, 6.45) is -2.07. The number of primary amides is 2. The third-order valence-electron chi connectivity index (χ3n) is 24.0. The van der Waals surface area contributed by atoms with Crippen LogP contribution in [-0.4, -0.2) is 282 Å². The van der Waals surface area contributed by atoms with Gasteiger partial charge in [-0.3, -0.25) is 116 Å². The van der Waals surface area contributed by atoms with Crippen molar-refractivity contribution in [2.45, 2.75) is 174 Å². The van der Waals surface area contributed by atoms with Gasteiger partial charge in [-0.05, 0) is 109 Å². The number of methoxy groups -OCH3 is 1. The molecule has 0 bridgehead atoms. The van der Waals surface area contributed by atoms with Crippen molar-refractivity contribution < 1.29 is 126 Å². The maximum Gasteiger partial charge on any atom is 0.305 e. The fourth-order valence-electron chi connectivity index (χ4n) is 16.9. The number of allylic oxidation sites excluding steroid dienone is 2. The van der Waals surface area contributed by atoms with Crippen molar-refractivity contribution in [3.63, 3.8) is 0 Å². The summed E-state index contributed by atoms with van der Waals surface area (Å²) in [6.45, 7) is 9.19. The molecule has 0 unspecified atom stereocenters. The van der Waals surface area contributed by atoms with Gasteiger partial charge >= 0.3 is 35.8 Å². The van der Waals surface area contributed by atoms with Crippen molar-refractivity contribution in [1.29, 1.82) is 0 Å². The predicted molar refractivity (Wildman–Crippen MR) is 526 cm³/mol. The smallest absolute Gasteiger partial charge is 0.305 e. The first-order valence-electron chi connectivity index (χ1n) is 46.4. The van der Waals surface area contributed by atoms with Crippen LogP contribution in [0.15, 0.2) is 84.9 Å². The zero-order valence-electron chi connectivity index (χ0n) is 81.0. The number of nitrogens with two attached hydrogens (primary N) is 2. The predicted octanol–water partition coefficient (Wildman–Crippen LogP) is 3.09. The number of rotatable bonds is 51. The van der Waals surface area contributed by atoms with Gasteiger partial charge in [-0.2, -0.15) is 10.2 Å². The van der Waals surface area contributed by atoms with Crippen LogP contribution in [0.2, 0.25) is 10.0 Å². The SMILES string of the molecule is CCn1nc(C)cc1C(=O)Nc1nc2cc(C(N)=O)cc(OC)c2n1C/C=C/Cn1c(NC(=O)c2cc(C)nn2CC)nc2cc(C(N)=O)cc(OCCCNC(=O)[C@H](CC(=O)O)NC(=O)[C@H](CC(=O)O)NC(=O)[C@H](CC(=O)O)NC(=O)[C@H](CC(=O)O)NC(=O)[C@H](CC(=O)O)NC(=O)CCCN3CCc4c(nc(C(=O)Nc5cccc(-c6cccc(NC(=O)c7nc8c(n7C)CCN(CCCC(=O)O)C8)c6Cl)c5Cl)n4C)C3)c21. The highest BCUT2D eigenvalue weighted by Crippen LogP contribution is 2.42. The number of carboxylic acid groups (broad SMARTS) is 6. The van der Waals surface area contributed by atoms with Crippen molar-refractivity contribution in [3.05, 3.63) is 163 Å². The molecule has 0 saturated carbocycles. The molecule has 784 valence electrons. The molecule has 10 aromatic rings. The molecule has 54 heteroatoms. The Morgan fingerprint density at radius 1 is 0.466 bits per heavy atom. The Labute approximate surface area is 850 Å². The van der Waals surface area contributed by atoms with Crippen molar-refractivity contribution in [2.75, 3.05) is 67.7 Å². The topological polar surface area (TPSA) is 733 Å². The first-order valence-corrected chi connectivity index (χ1v) is 47.2. The fraction of sp³-hybridized carbons (Fsp3) is 0.383. The minimum Gasteiger partial charge on any atom is -0.494 e. The molecule has 12 rings (SSSR count). The van der Waals surface area contributed by atoms with Crippen LogP contribution in [-0.2, 0) is 124 Å². The number of aromatic nitrogens is 12. The van der Waals surface area contributed by atoms with Crippen molar-refractivity contribution in [2.24, 2.45) is 25.6 Å². The lowest BCUT2D eigenvalue weighted by atomic mass is 10.0. The van der Waals surface area contributed by atoms with E-state index in [2.05, 4.69) is 61.9 Å². The lowest BCUT2D eigenvalue weighted by Crippen LogP contribution is -2.60. The van der Waals surface area contributed by atoms with Gasteiger partial charge in [-0.25, -0.2) is 19.9 Å². The molecule has 148 heavy (non-hydrogen) atoms. The molecule has 2 aliphatic heterocycles. The highest BCUT2D eigenvalue weighted by atomic mass is 35.5. The molecular weight excluding hydrogens is 1980 g/mol. The Morgan fingerprint density at radius 3 is 1.24 bits per heavy atom. The van der Waals surface area contributed by atoms with Gasteiger partial charge in [0.1, 0.15) is 64.1 Å². The van der Waals surface area contributed by atoms with E-state index in [1.165, 1.54) is 45.3 Å². The van der Waals surface area contributed by atoms with E-state index in [1.54, 1.807) is 116 Å². The second-order valence-corrected chi connectivity index (χ2v) is 35.3. The van der Waals surface area contributed by atoms with Crippen LogP contribution >= 0.6 is 23.2 Å². The molecule has 4 aromatic carbocycles. The molecule has 12 amide bonds. The number of hydrogen-bond donors (Lipinski definition) is 18. The van der Waals surface area contributed by atoms with Gasteiger partial charge in [-0.15, -0.1) is 0 Å². The molecular formula is C94H108Cl2N26O26. The lowest BCUT2D eigenvalue weighted by molar-refractivity contribution is -0.145. The first-order chi connectivity index (χ1) is 70.4. The number of amides is 12. The van der Waals surface area contributed by atoms with Crippen LogP contribution in [0.5, 0.6) is 11.5 Å². The van der Waals surface area contributed by atoms with E-state index in [9.17, 15) is 112 Å². The van der Waals surface area contributed by atoms with E-state index < -0.39 is 169 Å². The van der Waals surface area contributed by atoms with Crippen LogP contribution in [0.4, 0.5) is 23.3 Å². The number of anilines is 4. The number of nitrogens with one attached hydrogen (secondary N) is 10. The van der Waals surface area contributed by atoms with Gasteiger partial charge < -0.3 is 112 Å². The second-order valence-electron chi connectivity index (χ2n) is 34.6. The number of carboxylic acids is 6. The minimum absolute atomic E-state index is 0.0154. The summed E-state index contributed by atoms with van der Waals surface area (Å²) in [7, 11) is 4.75. The molecule has 0 radical (unpaired) electrons. The number of hydrogen-bond acceptors (Lipinski definition) is 28. The largest absolute Gasteiger partial charge is 0.494 e. The maximum atomic E-state index is 14.2. The van der Waals surface area contributed by atoms with Crippen LogP contribution < -0.4 is 74.1 Å². The van der Waals surface area contributed by atoms with E-state index in [0.717, 1.165) is 5.69 Å². The lowest BCUT2D eigenvalue weighted by Gasteiger charge is -2.26. The third kappa shape index (κ3) is 27.3. The number of ether oxygens (including phenoxy) is 2. The second kappa shape index (κ2) is 49.0. The minimum atomic E-state index is -2.37. The van der Waals surface area contributed by atoms with E-state index in [4.69, 9.17) is 54.2 Å². The number of imidazole rings is 4. The van der Waals surface area contributed by atoms with Crippen LogP contribution in [0.3, 0.4) is 0 Å². The molecule has 0 aliphatic carbocycles. The number of fused-ring (bicyclic) bond motifs is 4. The number of benzene rings is 4. The molecule has 2 aliphatic rings. The Kier molecular flexibility index (Phi) is 36.4. The normalized spacial score (nSPS) is 13.4. The van der Waals surface area contributed by atoms with E-state index in [-0.39, 0.29) is 161 Å². The molecule has 20 N–H and O–H groups in total. The van der Waals surface area contributed by atoms with Gasteiger partial charge in [0.2, 0.25) is 59.2 Å². The standard InChI is InChI=1S/C94H108Cl2N26O26/c1-8-121-65(33-46(3)113-121)89(143)111-93-109-54-35-48(80(97)136)37-67(147-7)78(54)119(93)28-10-11-29-120-79-55(110-94(120)112-90(144)66-34-47(4)114-122(66)9-2)36-49(81(98)137)38-68(79)148-32-16-25-99-84(138)56(39-71(126)127)105-86(140)58(41-73(130)131)107-88(142)60(43-75(134)135)108-87(141)59(42-74(132)133)106-85(139)57(40-72(128)129)100-69(123)21-14-26-117-30-23-63-61(44-117)101-82(115(63)5)91(145)103-52-19-12-17-50(76(52)95)51-18-13-20-53(77(51)96)104-92(146)83-102-62-45-118(27-15-22-70(124)125)31-24-64(62)116(83)6/h10-13,17-20,33-38,56-60H,8-9,14-16,21-32,39-45H2,1-7H3,(H2,97,136)(H2,98,137)(H,99,138)(H,100,123)(H,103,145)(H,104,146)(H,105,140)(H,106,139)(H,107,142)(H,108,141)(H,124,125)(H,126,127)(H,128,129)(H,130,131)(H,132,133)(H,134,135)(H,109,111,143)(H,110,112,144)/b11-10+/t56-,57-,58-,59-,60-/m0/s1. The molecule has 0 fully saturated rings. The molecule has 8 heterocycles. The third-order valence-corrected chi connectivity index (χ3v) is 24.8. The zero-order valence-corrected chi connectivity index (χ0v) is 82.5. The fourth-order valence-corrected chi connectivity index (χ4v) is 17.5. The van der Waals surface area contributed by atoms with Crippen LogP contribution in [0.1, 0.15) is 175 Å². The summed E-state index contributed by atoms with van der Waals surface area (Å²) >= 11 is 14.0. The molecule has 5 atom stereocenters. The average Bonchev–Trinajstić information content (AvgIpc) is 1.63. The van der Waals surface area contributed by atoms with Gasteiger partial charge in [0.15, 0.2) is 11.6 Å². The highest BCUT2D eigenvalue weighted by molar-refractivity contribution is 6.40. The summed E-state index contributed by atoms with van der Waals surface area (Å²) < 4.78 is 21.4. The molecule has 0 spiro atoms. The quantitative estimate of drug-likeness (QED) is 0.0192. The molecule has 6 aromatic heterocycles. The number of carbonyl (C=O) groups excluding carboxylic acids is 12. The van der Waals surface area contributed by atoms with Gasteiger partial charge in [0.25, 0.3) is 23.6 Å². The zero-order chi connectivity index (χ0) is 108. The number of nitrogens with zero attached hydrogens (tertiary/aromatic N) is 14. The van der Waals surface area contributed by atoms with Crippen molar-refractivity contribution in [3.8, 4) is 22.6 Å². The van der Waals surface area contributed by atoms with Crippen molar-refractivity contribution >= 4 is 175 Å². The summed E-state index contributed by atoms with van der Waals surface area (Å²) in [4.78, 5) is 260. The van der Waals surface area contributed by atoms with Gasteiger partial charge in [0.05, 0.1) is 101 Å². The maximum absolute atomic E-state index is 14.2.